The first-order chi connectivity index (χ1) is 7.35. The minimum atomic E-state index is 1.16. The molecule has 90 valence electrons. The van der Waals surface area contributed by atoms with Crippen LogP contribution < -0.4 is 0 Å². The molecule has 0 amide bonds. The largest absolute Gasteiger partial charge is 0.303 e. The second-order valence-electron chi connectivity index (χ2n) is 4.33. The lowest BCUT2D eigenvalue weighted by Crippen LogP contribution is -2.26. The van der Waals surface area contributed by atoms with E-state index in [0.717, 1.165) is 6.42 Å². The summed E-state index contributed by atoms with van der Waals surface area (Å²) < 4.78 is 0. The molecule has 0 rings (SSSR count). The molecule has 0 saturated carbocycles. The highest BCUT2D eigenvalue weighted by Crippen LogP contribution is 2.04. The van der Waals surface area contributed by atoms with Crippen LogP contribution in [0.1, 0.15) is 58.8 Å². The normalized spacial score (nSPS) is 10.9. The molecule has 15 heavy (non-hydrogen) atoms. The summed E-state index contributed by atoms with van der Waals surface area (Å²) >= 11 is 0. The summed E-state index contributed by atoms with van der Waals surface area (Å²) in [6.07, 6.45) is 11.3. The molecule has 0 heterocycles. The molecule has 0 fully saturated rings. The van der Waals surface area contributed by atoms with Crippen LogP contribution in [0.25, 0.3) is 0 Å². The van der Waals surface area contributed by atoms with Gasteiger partial charge in [-0.05, 0) is 45.3 Å². The zero-order chi connectivity index (χ0) is 11.4. The van der Waals surface area contributed by atoms with Gasteiger partial charge in [-0.15, -0.1) is 6.58 Å². The number of unbranched alkanes of at least 4 members (excludes halogenated alkanes) is 4. The maximum atomic E-state index is 3.77. The first kappa shape index (κ1) is 14.7. The van der Waals surface area contributed by atoms with E-state index < -0.39 is 0 Å². The SMILES string of the molecule is C=CCCCN(CCC)CCCCCC. The highest BCUT2D eigenvalue weighted by molar-refractivity contribution is 4.67. The Morgan fingerprint density at radius 1 is 0.867 bits per heavy atom. The Hall–Kier alpha value is -0.300. The lowest BCUT2D eigenvalue weighted by molar-refractivity contribution is 0.265. The molecular formula is C14H29N. The van der Waals surface area contributed by atoms with E-state index in [2.05, 4.69) is 25.3 Å². The molecular weight excluding hydrogens is 182 g/mol. The number of rotatable bonds is 11. The van der Waals surface area contributed by atoms with Crippen molar-refractivity contribution in [3.63, 3.8) is 0 Å². The Kier molecular flexibility index (Phi) is 11.5. The molecule has 0 aromatic rings. The Balaban J connectivity index is 3.48. The third kappa shape index (κ3) is 9.99. The average Bonchev–Trinajstić information content (AvgIpc) is 2.24. The Bertz CT molecular complexity index is 131. The van der Waals surface area contributed by atoms with Gasteiger partial charge >= 0.3 is 0 Å². The maximum Gasteiger partial charge on any atom is -0.00158 e. The van der Waals surface area contributed by atoms with Gasteiger partial charge in [-0.1, -0.05) is 39.2 Å². The zero-order valence-corrected chi connectivity index (χ0v) is 10.8. The third-order valence-corrected chi connectivity index (χ3v) is 2.75. The van der Waals surface area contributed by atoms with Gasteiger partial charge in [0.1, 0.15) is 0 Å². The Morgan fingerprint density at radius 3 is 2.20 bits per heavy atom. The second kappa shape index (κ2) is 11.8. The van der Waals surface area contributed by atoms with Crippen LogP contribution in [-0.4, -0.2) is 24.5 Å². The fourth-order valence-electron chi connectivity index (χ4n) is 1.87. The van der Waals surface area contributed by atoms with Crippen molar-refractivity contribution in [2.24, 2.45) is 0 Å². The van der Waals surface area contributed by atoms with Crippen molar-refractivity contribution < 1.29 is 0 Å². The zero-order valence-electron chi connectivity index (χ0n) is 10.8. The Labute approximate surface area is 96.6 Å². The second-order valence-corrected chi connectivity index (χ2v) is 4.33. The molecule has 0 bridgehead atoms. The van der Waals surface area contributed by atoms with E-state index in [4.69, 9.17) is 0 Å². The van der Waals surface area contributed by atoms with E-state index in [1.54, 1.807) is 0 Å². The van der Waals surface area contributed by atoms with Crippen molar-refractivity contribution in [3.05, 3.63) is 12.7 Å². The standard InChI is InChI=1S/C14H29N/c1-4-7-9-11-14-15(12-6-3)13-10-8-5-2/h5H,2,4,6-14H2,1,3H3. The van der Waals surface area contributed by atoms with Crippen LogP contribution in [0.2, 0.25) is 0 Å². The van der Waals surface area contributed by atoms with Crippen LogP contribution in [0.3, 0.4) is 0 Å². The average molecular weight is 211 g/mol. The van der Waals surface area contributed by atoms with E-state index in [1.165, 1.54) is 58.2 Å². The minimum absolute atomic E-state index is 1.16. The number of hydrogen-bond acceptors (Lipinski definition) is 1. The summed E-state index contributed by atoms with van der Waals surface area (Å²) in [5.41, 5.74) is 0. The molecule has 1 heteroatoms. The number of nitrogens with zero attached hydrogens (tertiary/aromatic N) is 1. The molecule has 1 nitrogen and oxygen atoms in total. The molecule has 0 aliphatic carbocycles. The van der Waals surface area contributed by atoms with Gasteiger partial charge in [0.15, 0.2) is 0 Å². The monoisotopic (exact) mass is 211 g/mol. The van der Waals surface area contributed by atoms with Crippen LogP contribution in [0.4, 0.5) is 0 Å². The quantitative estimate of drug-likeness (QED) is 0.365. The van der Waals surface area contributed by atoms with Crippen molar-refractivity contribution in [1.29, 1.82) is 0 Å². The Morgan fingerprint density at radius 2 is 1.60 bits per heavy atom. The molecule has 0 aromatic heterocycles. The molecule has 0 saturated heterocycles. The van der Waals surface area contributed by atoms with Crippen molar-refractivity contribution in [2.75, 3.05) is 19.6 Å². The molecule has 0 N–H and O–H groups in total. The fraction of sp³-hybridized carbons (Fsp3) is 0.857. The summed E-state index contributed by atoms with van der Waals surface area (Å²) in [6.45, 7) is 12.1. The van der Waals surface area contributed by atoms with Gasteiger partial charge in [-0.3, -0.25) is 0 Å². The van der Waals surface area contributed by atoms with Crippen LogP contribution in [0, 0.1) is 0 Å². The molecule has 0 unspecified atom stereocenters. The van der Waals surface area contributed by atoms with E-state index in [0.29, 0.717) is 0 Å². The summed E-state index contributed by atoms with van der Waals surface area (Å²) in [5, 5.41) is 0. The highest BCUT2D eigenvalue weighted by Gasteiger charge is 2.02. The molecule has 0 spiro atoms. The lowest BCUT2D eigenvalue weighted by atomic mass is 10.2. The molecule has 0 radical (unpaired) electrons. The van der Waals surface area contributed by atoms with E-state index >= 15 is 0 Å². The first-order valence-electron chi connectivity index (χ1n) is 6.68. The fourth-order valence-corrected chi connectivity index (χ4v) is 1.87. The third-order valence-electron chi connectivity index (χ3n) is 2.75. The summed E-state index contributed by atoms with van der Waals surface area (Å²) in [5.74, 6) is 0. The van der Waals surface area contributed by atoms with E-state index in [9.17, 15) is 0 Å². The van der Waals surface area contributed by atoms with Gasteiger partial charge in [-0.25, -0.2) is 0 Å². The van der Waals surface area contributed by atoms with Gasteiger partial charge in [0.2, 0.25) is 0 Å². The summed E-state index contributed by atoms with van der Waals surface area (Å²) in [7, 11) is 0. The predicted octanol–water partition coefficient (Wildman–Crippen LogP) is 4.24. The van der Waals surface area contributed by atoms with Gasteiger partial charge in [0, 0.05) is 0 Å². The number of hydrogen-bond donors (Lipinski definition) is 0. The van der Waals surface area contributed by atoms with Crippen LogP contribution >= 0.6 is 0 Å². The van der Waals surface area contributed by atoms with Crippen molar-refractivity contribution >= 4 is 0 Å². The first-order valence-corrected chi connectivity index (χ1v) is 6.68. The van der Waals surface area contributed by atoms with Gasteiger partial charge < -0.3 is 4.90 Å². The van der Waals surface area contributed by atoms with Gasteiger partial charge in [0.05, 0.1) is 0 Å². The van der Waals surface area contributed by atoms with Crippen molar-refractivity contribution in [1.82, 2.24) is 4.90 Å². The molecule has 0 atom stereocenters. The van der Waals surface area contributed by atoms with E-state index in [1.807, 2.05) is 6.08 Å². The van der Waals surface area contributed by atoms with Crippen molar-refractivity contribution in [3.8, 4) is 0 Å². The smallest absolute Gasteiger partial charge is 0.00158 e. The van der Waals surface area contributed by atoms with Crippen molar-refractivity contribution in [2.45, 2.75) is 58.8 Å². The predicted molar refractivity (Wildman–Crippen MR) is 70.3 cm³/mol. The van der Waals surface area contributed by atoms with Crippen LogP contribution in [-0.2, 0) is 0 Å². The molecule has 0 aliphatic heterocycles. The lowest BCUT2D eigenvalue weighted by Gasteiger charge is -2.21. The van der Waals surface area contributed by atoms with Gasteiger partial charge in [0.25, 0.3) is 0 Å². The van der Waals surface area contributed by atoms with E-state index in [-0.39, 0.29) is 0 Å². The maximum absolute atomic E-state index is 3.77. The molecule has 0 aromatic carbocycles. The highest BCUT2D eigenvalue weighted by atomic mass is 15.1. The molecule has 0 aliphatic rings. The van der Waals surface area contributed by atoms with Crippen LogP contribution in [0.15, 0.2) is 12.7 Å². The summed E-state index contributed by atoms with van der Waals surface area (Å²) in [6, 6.07) is 0. The number of allylic oxidation sites excluding steroid dienone is 1. The topological polar surface area (TPSA) is 3.24 Å². The minimum Gasteiger partial charge on any atom is -0.303 e. The summed E-state index contributed by atoms with van der Waals surface area (Å²) in [4.78, 5) is 2.61. The van der Waals surface area contributed by atoms with Crippen LogP contribution in [0.5, 0.6) is 0 Å². The van der Waals surface area contributed by atoms with Gasteiger partial charge in [-0.2, -0.15) is 0 Å².